The van der Waals surface area contributed by atoms with Crippen molar-refractivity contribution in [1.29, 1.82) is 0 Å². The van der Waals surface area contributed by atoms with Gasteiger partial charge in [0.05, 0.1) is 11.9 Å². The van der Waals surface area contributed by atoms with Crippen LogP contribution in [0, 0.1) is 13.8 Å². The maximum atomic E-state index is 10.2. The Bertz CT molecular complexity index is 631. The van der Waals surface area contributed by atoms with Crippen molar-refractivity contribution < 1.29 is 19.8 Å². The monoisotopic (exact) mass is 506 g/mol. The van der Waals surface area contributed by atoms with Gasteiger partial charge in [-0.3, -0.25) is 0 Å². The molecule has 0 aliphatic carbocycles. The Labute approximate surface area is 191 Å². The standard InChI is InChI=1S/2C7H7NO2.2C4H9.Sn/c2*8-6-4-2-1-3-5(6)7(9)10;2*1-3-4-2;/h2*1-4H,8H2,(H,9,10);2*1,3-4H2,2H3;/q;;2*-1;+4/p-2. The summed E-state index contributed by atoms with van der Waals surface area (Å²) in [4.78, 5) is 20.5. The fourth-order valence-corrected chi connectivity index (χ4v) is 1.37. The Hall–Kier alpha value is -2.22. The number of anilines is 2. The fourth-order valence-electron chi connectivity index (χ4n) is 1.37. The Morgan fingerprint density at radius 3 is 1.14 bits per heavy atom. The van der Waals surface area contributed by atoms with Gasteiger partial charge in [0.2, 0.25) is 0 Å². The van der Waals surface area contributed by atoms with Gasteiger partial charge in [-0.2, -0.15) is 12.8 Å². The van der Waals surface area contributed by atoms with Crippen LogP contribution in [0.15, 0.2) is 48.5 Å². The average Bonchev–Trinajstić information content (AvgIpc) is 2.69. The Balaban J connectivity index is -0.000000336. The second-order valence-corrected chi connectivity index (χ2v) is 5.46. The number of carbonyl (C=O) groups excluding carboxylic acids is 2. The van der Waals surface area contributed by atoms with Crippen LogP contribution in [0.1, 0.15) is 60.2 Å². The fraction of sp³-hybridized carbons (Fsp3) is 0.273. The van der Waals surface area contributed by atoms with Crippen molar-refractivity contribution in [1.82, 2.24) is 0 Å². The minimum Gasteiger partial charge on any atom is -0.545 e. The van der Waals surface area contributed by atoms with Crippen molar-refractivity contribution >= 4 is 47.2 Å². The zero-order chi connectivity index (χ0) is 21.9. The number of para-hydroxylation sites is 2. The molecule has 4 N–H and O–H groups in total. The van der Waals surface area contributed by atoms with Crippen molar-refractivity contribution in [2.24, 2.45) is 0 Å². The predicted octanol–water partition coefficient (Wildman–Crippen LogP) is 2.12. The van der Waals surface area contributed by atoms with Crippen molar-refractivity contribution in [3.8, 4) is 0 Å². The molecule has 0 spiro atoms. The number of carbonyl (C=O) groups is 2. The first-order chi connectivity index (χ1) is 13.3. The zero-order valence-corrected chi connectivity index (χ0v) is 20.0. The molecule has 0 aliphatic rings. The van der Waals surface area contributed by atoms with E-state index in [-0.39, 0.29) is 46.4 Å². The molecule has 0 fully saturated rings. The number of nitrogen functional groups attached to an aromatic ring is 2. The van der Waals surface area contributed by atoms with Crippen molar-refractivity contribution in [2.75, 3.05) is 11.5 Å². The molecule has 0 saturated carbocycles. The third-order valence-electron chi connectivity index (χ3n) is 3.07. The van der Waals surface area contributed by atoms with E-state index in [9.17, 15) is 19.8 Å². The van der Waals surface area contributed by atoms with Crippen LogP contribution in [0.2, 0.25) is 0 Å². The van der Waals surface area contributed by atoms with Gasteiger partial charge in [-0.05, 0) is 12.1 Å². The normalized spacial score (nSPS) is 8.41. The number of hydrogen-bond donors (Lipinski definition) is 2. The molecule has 2 aromatic carbocycles. The molecule has 156 valence electrons. The van der Waals surface area contributed by atoms with Crippen LogP contribution in [-0.2, 0) is 0 Å². The number of carboxylic acid groups (broad SMARTS) is 2. The molecule has 2 aromatic rings. The first kappa shape index (κ1) is 31.5. The third kappa shape index (κ3) is 16.4. The summed E-state index contributed by atoms with van der Waals surface area (Å²) in [5.41, 5.74) is 11.2. The number of hydrogen-bond acceptors (Lipinski definition) is 6. The van der Waals surface area contributed by atoms with E-state index in [1.165, 1.54) is 37.1 Å². The maximum Gasteiger partial charge on any atom is 4.00 e. The van der Waals surface area contributed by atoms with E-state index in [2.05, 4.69) is 27.7 Å². The van der Waals surface area contributed by atoms with Gasteiger partial charge in [-0.1, -0.05) is 63.1 Å². The topological polar surface area (TPSA) is 132 Å². The van der Waals surface area contributed by atoms with E-state index in [0.717, 1.165) is 12.8 Å². The number of benzene rings is 2. The molecule has 0 aliphatic heterocycles. The van der Waals surface area contributed by atoms with Gasteiger partial charge in [0.1, 0.15) is 0 Å². The van der Waals surface area contributed by atoms with Gasteiger partial charge in [0.25, 0.3) is 0 Å². The van der Waals surface area contributed by atoms with E-state index in [4.69, 9.17) is 11.5 Å². The van der Waals surface area contributed by atoms with Crippen LogP contribution < -0.4 is 21.7 Å². The van der Waals surface area contributed by atoms with Crippen molar-refractivity contribution in [3.05, 3.63) is 73.5 Å². The van der Waals surface area contributed by atoms with Gasteiger partial charge in [0, 0.05) is 22.5 Å². The minimum atomic E-state index is -1.24. The second kappa shape index (κ2) is 20.5. The van der Waals surface area contributed by atoms with E-state index < -0.39 is 11.9 Å². The van der Waals surface area contributed by atoms with Crippen LogP contribution in [0.3, 0.4) is 0 Å². The minimum absolute atomic E-state index is 0. The molecule has 0 bridgehead atoms. The van der Waals surface area contributed by atoms with Crippen LogP contribution in [0.4, 0.5) is 11.4 Å². The molecular weight excluding hydrogens is 475 g/mol. The van der Waals surface area contributed by atoms with Crippen molar-refractivity contribution in [3.63, 3.8) is 0 Å². The summed E-state index contributed by atoms with van der Waals surface area (Å²) in [6, 6.07) is 12.4. The molecule has 0 heterocycles. The number of aromatic carboxylic acids is 2. The summed E-state index contributed by atoms with van der Waals surface area (Å²) >= 11 is 0. The summed E-state index contributed by atoms with van der Waals surface area (Å²) in [6.45, 7) is 11.4. The van der Waals surface area contributed by atoms with E-state index >= 15 is 0 Å². The Morgan fingerprint density at radius 1 is 0.759 bits per heavy atom. The largest absolute Gasteiger partial charge is 4.00 e. The molecule has 2 rings (SSSR count). The summed E-state index contributed by atoms with van der Waals surface area (Å²) < 4.78 is 0. The number of rotatable bonds is 4. The van der Waals surface area contributed by atoms with Gasteiger partial charge >= 0.3 is 23.9 Å². The van der Waals surface area contributed by atoms with Crippen LogP contribution >= 0.6 is 0 Å². The molecule has 6 nitrogen and oxygen atoms in total. The van der Waals surface area contributed by atoms with Crippen LogP contribution in [0.5, 0.6) is 0 Å². The average molecular weight is 505 g/mol. The summed E-state index contributed by atoms with van der Waals surface area (Å²) in [6.07, 6.45) is 4.56. The Kier molecular flexibility index (Phi) is 22.3. The van der Waals surface area contributed by atoms with Gasteiger partial charge in [-0.25, -0.2) is 0 Å². The number of nitrogens with two attached hydrogens (primary N) is 2. The van der Waals surface area contributed by atoms with Gasteiger partial charge in [-0.15, -0.1) is 0 Å². The molecule has 0 amide bonds. The molecule has 0 saturated heterocycles. The molecule has 0 atom stereocenters. The smallest absolute Gasteiger partial charge is 0.545 e. The molecule has 0 radical (unpaired) electrons. The quantitative estimate of drug-likeness (QED) is 0.372. The summed E-state index contributed by atoms with van der Waals surface area (Å²) in [5.74, 6) is -2.48. The second-order valence-electron chi connectivity index (χ2n) is 5.46. The zero-order valence-electron chi connectivity index (χ0n) is 17.1. The number of carboxylic acids is 2. The number of unbranched alkanes of at least 4 members (excludes halogenated alkanes) is 2. The molecular formula is C22H30N2O4Sn. The van der Waals surface area contributed by atoms with E-state index in [1.807, 2.05) is 0 Å². The molecule has 7 heteroatoms. The first-order valence-corrected chi connectivity index (χ1v) is 8.96. The maximum absolute atomic E-state index is 10.2. The van der Waals surface area contributed by atoms with E-state index in [0.29, 0.717) is 0 Å². The van der Waals surface area contributed by atoms with Gasteiger partial charge in [0.15, 0.2) is 0 Å². The summed E-state index contributed by atoms with van der Waals surface area (Å²) in [7, 11) is 0. The van der Waals surface area contributed by atoms with Crippen LogP contribution in [-0.4, -0.2) is 35.8 Å². The van der Waals surface area contributed by atoms with Crippen molar-refractivity contribution in [2.45, 2.75) is 39.5 Å². The Morgan fingerprint density at radius 2 is 1.00 bits per heavy atom. The van der Waals surface area contributed by atoms with Gasteiger partial charge < -0.3 is 45.1 Å². The SMILES string of the molecule is Nc1ccccc1C(=O)[O-].Nc1ccccc1C(=O)[O-].[CH2-]CCC.[CH2-]CCC.[Sn+4]. The predicted molar refractivity (Wildman–Crippen MR) is 117 cm³/mol. The van der Waals surface area contributed by atoms with E-state index in [1.54, 1.807) is 24.3 Å². The molecule has 0 aromatic heterocycles. The molecule has 29 heavy (non-hydrogen) atoms. The summed E-state index contributed by atoms with van der Waals surface area (Å²) in [5, 5.41) is 20.5. The first-order valence-electron chi connectivity index (χ1n) is 8.96. The third-order valence-corrected chi connectivity index (χ3v) is 3.07. The van der Waals surface area contributed by atoms with Crippen LogP contribution in [0.25, 0.3) is 0 Å². The molecule has 0 unspecified atom stereocenters.